The number of benzene rings is 1. The molecule has 5 heteroatoms. The van der Waals surface area contributed by atoms with E-state index < -0.39 is 11.7 Å². The fourth-order valence-corrected chi connectivity index (χ4v) is 1.24. The van der Waals surface area contributed by atoms with Gasteiger partial charge in [0, 0.05) is 16.9 Å². The molecule has 0 saturated heterocycles. The van der Waals surface area contributed by atoms with Crippen LogP contribution in [0.4, 0.5) is 4.39 Å². The van der Waals surface area contributed by atoms with Gasteiger partial charge in [0.2, 0.25) is 0 Å². The van der Waals surface area contributed by atoms with Gasteiger partial charge < -0.3 is 5.32 Å². The summed E-state index contributed by atoms with van der Waals surface area (Å²) in [5.41, 5.74) is -0.0308. The first-order valence-corrected chi connectivity index (χ1v) is 5.19. The van der Waals surface area contributed by atoms with Gasteiger partial charge in [-0.3, -0.25) is 4.79 Å². The quantitative estimate of drug-likeness (QED) is 0.821. The molecule has 1 aromatic carbocycles. The molecule has 0 fully saturated rings. The van der Waals surface area contributed by atoms with Crippen LogP contribution in [-0.4, -0.2) is 17.8 Å². The van der Waals surface area contributed by atoms with Gasteiger partial charge in [0.15, 0.2) is 0 Å². The molecule has 0 saturated carbocycles. The maximum absolute atomic E-state index is 13.2. The standard InChI is InChI=1S/C10H10Cl2FNO/c1-6(11)5-14-10(15)8-3-2-7(12)4-9(8)13/h2-4,6H,5H2,1H3,(H,14,15). The Morgan fingerprint density at radius 1 is 1.60 bits per heavy atom. The van der Waals surface area contributed by atoms with Crippen molar-refractivity contribution in [3.05, 3.63) is 34.6 Å². The molecule has 82 valence electrons. The summed E-state index contributed by atoms with van der Waals surface area (Å²) in [5, 5.41) is 2.57. The fourth-order valence-electron chi connectivity index (χ4n) is 1.00. The summed E-state index contributed by atoms with van der Waals surface area (Å²) in [6.07, 6.45) is 0. The van der Waals surface area contributed by atoms with Crippen LogP contribution in [0.25, 0.3) is 0 Å². The second-order valence-electron chi connectivity index (χ2n) is 3.11. The van der Waals surface area contributed by atoms with E-state index in [1.807, 2.05) is 0 Å². The molecule has 1 aromatic rings. The highest BCUT2D eigenvalue weighted by atomic mass is 35.5. The zero-order valence-electron chi connectivity index (χ0n) is 8.06. The van der Waals surface area contributed by atoms with Crippen molar-refractivity contribution in [2.24, 2.45) is 0 Å². The Balaban J connectivity index is 2.74. The first-order chi connectivity index (χ1) is 7.00. The third-order valence-corrected chi connectivity index (χ3v) is 2.11. The molecule has 0 bridgehead atoms. The predicted octanol–water partition coefficient (Wildman–Crippen LogP) is 2.84. The Morgan fingerprint density at radius 2 is 2.27 bits per heavy atom. The summed E-state index contributed by atoms with van der Waals surface area (Å²) in [4.78, 5) is 11.4. The van der Waals surface area contributed by atoms with Crippen molar-refractivity contribution in [3.63, 3.8) is 0 Å². The van der Waals surface area contributed by atoms with Crippen LogP contribution < -0.4 is 5.32 Å². The van der Waals surface area contributed by atoms with Gasteiger partial charge >= 0.3 is 0 Å². The first-order valence-electron chi connectivity index (χ1n) is 4.38. The Labute approximate surface area is 97.4 Å². The third-order valence-electron chi connectivity index (χ3n) is 1.72. The van der Waals surface area contributed by atoms with Crippen LogP contribution in [-0.2, 0) is 0 Å². The molecule has 0 spiro atoms. The molecule has 0 radical (unpaired) electrons. The van der Waals surface area contributed by atoms with E-state index in [0.717, 1.165) is 6.07 Å². The highest BCUT2D eigenvalue weighted by molar-refractivity contribution is 6.30. The van der Waals surface area contributed by atoms with E-state index in [1.165, 1.54) is 12.1 Å². The van der Waals surface area contributed by atoms with Crippen molar-refractivity contribution in [3.8, 4) is 0 Å². The van der Waals surface area contributed by atoms with Gasteiger partial charge in [0.1, 0.15) is 5.82 Å². The second-order valence-corrected chi connectivity index (χ2v) is 4.30. The molecular formula is C10H10Cl2FNO. The smallest absolute Gasteiger partial charge is 0.254 e. The number of nitrogens with one attached hydrogen (secondary N) is 1. The number of carbonyl (C=O) groups is 1. The topological polar surface area (TPSA) is 29.1 Å². The summed E-state index contributed by atoms with van der Waals surface area (Å²) in [7, 11) is 0. The minimum Gasteiger partial charge on any atom is -0.350 e. The van der Waals surface area contributed by atoms with E-state index in [1.54, 1.807) is 6.92 Å². The molecule has 0 heterocycles. The van der Waals surface area contributed by atoms with Crippen LogP contribution >= 0.6 is 23.2 Å². The van der Waals surface area contributed by atoms with Crippen molar-refractivity contribution in [1.29, 1.82) is 0 Å². The zero-order valence-corrected chi connectivity index (χ0v) is 9.57. The molecule has 1 amide bonds. The minimum atomic E-state index is -0.637. The highest BCUT2D eigenvalue weighted by Crippen LogP contribution is 2.14. The van der Waals surface area contributed by atoms with Crippen molar-refractivity contribution < 1.29 is 9.18 Å². The molecule has 15 heavy (non-hydrogen) atoms. The summed E-state index contributed by atoms with van der Waals surface area (Å²) < 4.78 is 13.2. The maximum atomic E-state index is 13.2. The van der Waals surface area contributed by atoms with Crippen molar-refractivity contribution >= 4 is 29.1 Å². The van der Waals surface area contributed by atoms with E-state index in [0.29, 0.717) is 6.54 Å². The zero-order chi connectivity index (χ0) is 11.4. The lowest BCUT2D eigenvalue weighted by molar-refractivity contribution is 0.0950. The van der Waals surface area contributed by atoms with E-state index in [9.17, 15) is 9.18 Å². The predicted molar refractivity (Wildman–Crippen MR) is 59.1 cm³/mol. The van der Waals surface area contributed by atoms with Crippen LogP contribution in [0.5, 0.6) is 0 Å². The lowest BCUT2D eigenvalue weighted by Crippen LogP contribution is -2.29. The molecule has 0 aliphatic carbocycles. The molecular weight excluding hydrogens is 240 g/mol. The highest BCUT2D eigenvalue weighted by Gasteiger charge is 2.11. The molecule has 0 aliphatic heterocycles. The van der Waals surface area contributed by atoms with Crippen molar-refractivity contribution in [1.82, 2.24) is 5.32 Å². The van der Waals surface area contributed by atoms with E-state index in [2.05, 4.69) is 5.32 Å². The number of hydrogen-bond acceptors (Lipinski definition) is 1. The van der Waals surface area contributed by atoms with E-state index in [4.69, 9.17) is 23.2 Å². The molecule has 2 nitrogen and oxygen atoms in total. The maximum Gasteiger partial charge on any atom is 0.254 e. The van der Waals surface area contributed by atoms with Crippen LogP contribution in [0, 0.1) is 5.82 Å². The Morgan fingerprint density at radius 3 is 2.80 bits per heavy atom. The summed E-state index contributed by atoms with van der Waals surface area (Å²) in [6, 6.07) is 3.90. The lowest BCUT2D eigenvalue weighted by atomic mass is 10.2. The summed E-state index contributed by atoms with van der Waals surface area (Å²) in [6.45, 7) is 2.03. The fraction of sp³-hybridized carbons (Fsp3) is 0.300. The van der Waals surface area contributed by atoms with Crippen LogP contribution in [0.2, 0.25) is 5.02 Å². The first kappa shape index (κ1) is 12.3. The monoisotopic (exact) mass is 249 g/mol. The number of alkyl halides is 1. The van der Waals surface area contributed by atoms with Crippen LogP contribution in [0.3, 0.4) is 0 Å². The minimum absolute atomic E-state index is 0.0308. The second kappa shape index (κ2) is 5.33. The largest absolute Gasteiger partial charge is 0.350 e. The Bertz CT molecular complexity index is 368. The van der Waals surface area contributed by atoms with Gasteiger partial charge in [0.25, 0.3) is 5.91 Å². The molecule has 0 aliphatic rings. The number of hydrogen-bond donors (Lipinski definition) is 1. The molecule has 1 N–H and O–H groups in total. The Hall–Kier alpha value is -0.800. The van der Waals surface area contributed by atoms with Gasteiger partial charge in [-0.25, -0.2) is 4.39 Å². The molecule has 1 atom stereocenters. The van der Waals surface area contributed by atoms with Crippen molar-refractivity contribution in [2.75, 3.05) is 6.54 Å². The average Bonchev–Trinajstić information content (AvgIpc) is 2.14. The Kier molecular flexibility index (Phi) is 4.36. The van der Waals surface area contributed by atoms with Gasteiger partial charge in [-0.15, -0.1) is 11.6 Å². The van der Waals surface area contributed by atoms with Gasteiger partial charge in [-0.2, -0.15) is 0 Å². The molecule has 0 aromatic heterocycles. The average molecular weight is 250 g/mol. The van der Waals surface area contributed by atoms with E-state index in [-0.39, 0.29) is 16.0 Å². The third kappa shape index (κ3) is 3.68. The number of carbonyl (C=O) groups excluding carboxylic acids is 1. The summed E-state index contributed by atoms with van der Waals surface area (Å²) >= 11 is 11.2. The molecule has 1 rings (SSSR count). The number of rotatable bonds is 3. The lowest BCUT2D eigenvalue weighted by Gasteiger charge is -2.07. The molecule has 1 unspecified atom stereocenters. The summed E-state index contributed by atoms with van der Waals surface area (Å²) in [5.74, 6) is -1.13. The van der Waals surface area contributed by atoms with Gasteiger partial charge in [-0.05, 0) is 25.1 Å². The SMILES string of the molecule is CC(Cl)CNC(=O)c1ccc(Cl)cc1F. The number of halogens is 3. The van der Waals surface area contributed by atoms with Crippen molar-refractivity contribution in [2.45, 2.75) is 12.3 Å². The normalized spacial score (nSPS) is 12.3. The van der Waals surface area contributed by atoms with Gasteiger partial charge in [0.05, 0.1) is 5.56 Å². The van der Waals surface area contributed by atoms with Gasteiger partial charge in [-0.1, -0.05) is 11.6 Å². The number of amides is 1. The van der Waals surface area contributed by atoms with Crippen LogP contribution in [0.15, 0.2) is 18.2 Å². The van der Waals surface area contributed by atoms with E-state index >= 15 is 0 Å². The van der Waals surface area contributed by atoms with Crippen LogP contribution in [0.1, 0.15) is 17.3 Å².